The second-order valence-corrected chi connectivity index (χ2v) is 7.94. The first-order valence-electron chi connectivity index (χ1n) is 11.5. The van der Waals surface area contributed by atoms with Gasteiger partial charge in [-0.15, -0.1) is 0 Å². The summed E-state index contributed by atoms with van der Waals surface area (Å²) in [7, 11) is 0. The SMILES string of the molecule is CCCCCCCCCc1ccc(-c2ncc(OCC(F)C(F)CCC)cn2)cc1. The molecule has 1 heterocycles. The molecule has 0 fully saturated rings. The molecule has 0 saturated heterocycles. The summed E-state index contributed by atoms with van der Waals surface area (Å²) in [6.45, 7) is 3.75. The van der Waals surface area contributed by atoms with Gasteiger partial charge in [0.15, 0.2) is 17.7 Å². The summed E-state index contributed by atoms with van der Waals surface area (Å²) >= 11 is 0. The van der Waals surface area contributed by atoms with Crippen molar-refractivity contribution >= 4 is 0 Å². The predicted octanol–water partition coefficient (Wildman–Crippen LogP) is 7.29. The van der Waals surface area contributed by atoms with E-state index < -0.39 is 12.3 Å². The summed E-state index contributed by atoms with van der Waals surface area (Å²) in [4.78, 5) is 8.59. The van der Waals surface area contributed by atoms with Crippen LogP contribution < -0.4 is 4.74 Å². The van der Waals surface area contributed by atoms with Crippen LogP contribution >= 0.6 is 0 Å². The number of aryl methyl sites for hydroxylation is 1. The fourth-order valence-corrected chi connectivity index (χ4v) is 3.38. The van der Waals surface area contributed by atoms with E-state index in [0.29, 0.717) is 18.0 Å². The van der Waals surface area contributed by atoms with Crippen LogP contribution in [0.2, 0.25) is 0 Å². The number of alkyl halides is 2. The van der Waals surface area contributed by atoms with Crippen molar-refractivity contribution in [2.75, 3.05) is 6.61 Å². The zero-order valence-corrected chi connectivity index (χ0v) is 18.5. The first-order chi connectivity index (χ1) is 14.6. The van der Waals surface area contributed by atoms with E-state index in [-0.39, 0.29) is 13.0 Å². The molecule has 0 N–H and O–H groups in total. The van der Waals surface area contributed by atoms with Gasteiger partial charge in [0.2, 0.25) is 0 Å². The van der Waals surface area contributed by atoms with Gasteiger partial charge in [-0.25, -0.2) is 18.7 Å². The Hall–Kier alpha value is -2.04. The zero-order valence-electron chi connectivity index (χ0n) is 18.5. The minimum Gasteiger partial charge on any atom is -0.487 e. The molecule has 1 aromatic heterocycles. The number of benzene rings is 1. The second kappa shape index (κ2) is 14.1. The van der Waals surface area contributed by atoms with Gasteiger partial charge >= 0.3 is 0 Å². The summed E-state index contributed by atoms with van der Waals surface area (Å²) in [5.74, 6) is 0.941. The van der Waals surface area contributed by atoms with Crippen molar-refractivity contribution in [1.29, 1.82) is 0 Å². The number of hydrogen-bond acceptors (Lipinski definition) is 3. The lowest BCUT2D eigenvalue weighted by atomic mass is 10.0. The maximum atomic E-state index is 13.7. The summed E-state index contributed by atoms with van der Waals surface area (Å²) in [6, 6.07) is 8.32. The summed E-state index contributed by atoms with van der Waals surface area (Å²) < 4.78 is 32.5. The number of nitrogens with zero attached hydrogens (tertiary/aromatic N) is 2. The maximum absolute atomic E-state index is 13.7. The third-order valence-corrected chi connectivity index (χ3v) is 5.28. The Morgan fingerprint density at radius 2 is 1.43 bits per heavy atom. The first-order valence-corrected chi connectivity index (χ1v) is 11.5. The molecule has 3 nitrogen and oxygen atoms in total. The largest absolute Gasteiger partial charge is 0.487 e. The highest BCUT2D eigenvalue weighted by Gasteiger charge is 2.20. The molecule has 2 unspecified atom stereocenters. The van der Waals surface area contributed by atoms with E-state index in [1.54, 1.807) is 0 Å². The summed E-state index contributed by atoms with van der Waals surface area (Å²) in [5, 5.41) is 0. The molecule has 0 aliphatic heterocycles. The average Bonchev–Trinajstić information content (AvgIpc) is 2.78. The Kier molecular flexibility index (Phi) is 11.3. The minimum atomic E-state index is -1.63. The van der Waals surface area contributed by atoms with E-state index in [0.717, 1.165) is 12.0 Å². The van der Waals surface area contributed by atoms with Crippen LogP contribution in [0.25, 0.3) is 11.4 Å². The van der Waals surface area contributed by atoms with Gasteiger partial charge in [-0.2, -0.15) is 0 Å². The molecule has 2 atom stereocenters. The van der Waals surface area contributed by atoms with Crippen molar-refractivity contribution in [3.05, 3.63) is 42.2 Å². The number of halogens is 2. The third-order valence-electron chi connectivity index (χ3n) is 5.28. The number of rotatable bonds is 15. The molecule has 166 valence electrons. The van der Waals surface area contributed by atoms with Crippen molar-refractivity contribution < 1.29 is 13.5 Å². The second-order valence-electron chi connectivity index (χ2n) is 7.94. The Bertz CT molecular complexity index is 691. The van der Waals surface area contributed by atoms with E-state index in [1.807, 2.05) is 19.1 Å². The molecule has 0 aliphatic rings. The number of unbranched alkanes of at least 4 members (excludes halogenated alkanes) is 6. The smallest absolute Gasteiger partial charge is 0.165 e. The highest BCUT2D eigenvalue weighted by Crippen LogP contribution is 2.19. The lowest BCUT2D eigenvalue weighted by molar-refractivity contribution is 0.102. The molecule has 0 aliphatic carbocycles. The van der Waals surface area contributed by atoms with E-state index in [9.17, 15) is 8.78 Å². The van der Waals surface area contributed by atoms with Gasteiger partial charge in [-0.3, -0.25) is 0 Å². The Labute approximate surface area is 180 Å². The zero-order chi connectivity index (χ0) is 21.6. The minimum absolute atomic E-state index is 0.203. The Balaban J connectivity index is 1.75. The lowest BCUT2D eigenvalue weighted by Gasteiger charge is -2.13. The molecule has 0 bridgehead atoms. The van der Waals surface area contributed by atoms with Gasteiger partial charge in [-0.1, -0.05) is 83.1 Å². The van der Waals surface area contributed by atoms with Gasteiger partial charge in [0.25, 0.3) is 0 Å². The van der Waals surface area contributed by atoms with E-state index >= 15 is 0 Å². The van der Waals surface area contributed by atoms with Crippen molar-refractivity contribution in [2.24, 2.45) is 0 Å². The monoisotopic (exact) mass is 418 g/mol. The van der Waals surface area contributed by atoms with Crippen LogP contribution in [0.15, 0.2) is 36.7 Å². The van der Waals surface area contributed by atoms with Crippen molar-refractivity contribution in [3.8, 4) is 17.1 Å². The normalized spacial score (nSPS) is 13.2. The molecule has 1 aromatic carbocycles. The van der Waals surface area contributed by atoms with Gasteiger partial charge in [0, 0.05) is 5.56 Å². The van der Waals surface area contributed by atoms with Crippen molar-refractivity contribution in [3.63, 3.8) is 0 Å². The topological polar surface area (TPSA) is 35.0 Å². The average molecular weight is 419 g/mol. The number of aromatic nitrogens is 2. The number of hydrogen-bond donors (Lipinski definition) is 0. The molecule has 2 aromatic rings. The standard InChI is InChI=1S/C25H36F2N2O/c1-3-5-6-7-8-9-10-12-20-13-15-21(16-14-20)25-28-17-22(18-29-25)30-19-24(27)23(26)11-4-2/h13-18,23-24H,3-12,19H2,1-2H3. The molecule has 30 heavy (non-hydrogen) atoms. The third kappa shape index (κ3) is 8.76. The highest BCUT2D eigenvalue weighted by molar-refractivity contribution is 5.55. The van der Waals surface area contributed by atoms with Crippen LogP contribution in [0.4, 0.5) is 8.78 Å². The van der Waals surface area contributed by atoms with Crippen LogP contribution in [0.5, 0.6) is 5.75 Å². The van der Waals surface area contributed by atoms with Crippen LogP contribution in [-0.4, -0.2) is 28.9 Å². The Morgan fingerprint density at radius 1 is 0.800 bits per heavy atom. The van der Waals surface area contributed by atoms with Crippen molar-refractivity contribution in [2.45, 2.75) is 90.4 Å². The quantitative estimate of drug-likeness (QED) is 0.285. The predicted molar refractivity (Wildman–Crippen MR) is 119 cm³/mol. The van der Waals surface area contributed by atoms with Gasteiger partial charge in [0.1, 0.15) is 12.8 Å². The van der Waals surface area contributed by atoms with Gasteiger partial charge < -0.3 is 4.74 Å². The van der Waals surface area contributed by atoms with Crippen molar-refractivity contribution in [1.82, 2.24) is 9.97 Å². The molecule has 0 radical (unpaired) electrons. The molecule has 0 amide bonds. The number of ether oxygens (including phenoxy) is 1. The van der Waals surface area contributed by atoms with Gasteiger partial charge in [0.05, 0.1) is 12.4 Å². The maximum Gasteiger partial charge on any atom is 0.165 e. The van der Waals surface area contributed by atoms with Crippen LogP contribution in [-0.2, 0) is 6.42 Å². The summed E-state index contributed by atoms with van der Waals surface area (Å²) in [5.41, 5.74) is 2.26. The molecular weight excluding hydrogens is 382 g/mol. The fraction of sp³-hybridized carbons (Fsp3) is 0.600. The highest BCUT2D eigenvalue weighted by atomic mass is 19.2. The van der Waals surface area contributed by atoms with Crippen LogP contribution in [0, 0.1) is 0 Å². The molecule has 0 saturated carbocycles. The summed E-state index contributed by atoms with van der Waals surface area (Å²) in [6.07, 6.45) is 11.0. The molecule has 5 heteroatoms. The fourth-order valence-electron chi connectivity index (χ4n) is 3.38. The van der Waals surface area contributed by atoms with Crippen LogP contribution in [0.3, 0.4) is 0 Å². The molecule has 2 rings (SSSR count). The molecule has 0 spiro atoms. The van der Waals surface area contributed by atoms with E-state index in [1.165, 1.54) is 62.9 Å². The first kappa shape index (κ1) is 24.2. The Morgan fingerprint density at radius 3 is 2.07 bits per heavy atom. The lowest BCUT2D eigenvalue weighted by Crippen LogP contribution is -2.24. The molecular formula is C25H36F2N2O. The van der Waals surface area contributed by atoms with Gasteiger partial charge in [-0.05, 0) is 24.8 Å². The van der Waals surface area contributed by atoms with Crippen LogP contribution in [0.1, 0.15) is 77.2 Å². The van der Waals surface area contributed by atoms with E-state index in [4.69, 9.17) is 4.74 Å². The van der Waals surface area contributed by atoms with E-state index in [2.05, 4.69) is 29.0 Å².